The number of hydrogen-bond donors (Lipinski definition) is 1. The highest BCUT2D eigenvalue weighted by atomic mass is 16.5. The van der Waals surface area contributed by atoms with Crippen LogP contribution in [0.2, 0.25) is 0 Å². The van der Waals surface area contributed by atoms with Crippen LogP contribution in [0.15, 0.2) is 55.6 Å². The SMILES string of the molecule is C=CCN(CCCC)C(=O)C1N([C@@H](CO)CC(C)C)C(=O)[C@@H]2[C@H](C(=O)N(CC=C)c3ccccc3)[C@@]3(C)OC12CC3C. The number of nitrogens with zero attached hydrogens (tertiary/aromatic N) is 3. The van der Waals surface area contributed by atoms with E-state index in [1.165, 1.54) is 0 Å². The van der Waals surface area contributed by atoms with Gasteiger partial charge in [0.1, 0.15) is 11.6 Å². The molecule has 4 rings (SSSR count). The van der Waals surface area contributed by atoms with Gasteiger partial charge in [0.25, 0.3) is 0 Å². The zero-order chi connectivity index (χ0) is 30.8. The van der Waals surface area contributed by atoms with Gasteiger partial charge in [-0.05, 0) is 50.2 Å². The number of carbonyl (C=O) groups excluding carboxylic acids is 3. The average molecular weight is 580 g/mol. The summed E-state index contributed by atoms with van der Waals surface area (Å²) in [5, 5.41) is 10.6. The van der Waals surface area contributed by atoms with E-state index in [1.807, 2.05) is 51.1 Å². The maximum Gasteiger partial charge on any atom is 0.248 e. The van der Waals surface area contributed by atoms with Crippen LogP contribution >= 0.6 is 0 Å². The number of fused-ring (bicyclic) bond motifs is 1. The first-order valence-electron chi connectivity index (χ1n) is 15.5. The Morgan fingerprint density at radius 3 is 2.40 bits per heavy atom. The summed E-state index contributed by atoms with van der Waals surface area (Å²) in [7, 11) is 0. The molecule has 3 aliphatic rings. The number of unbranched alkanes of at least 4 members (excludes halogenated alkanes) is 1. The van der Waals surface area contributed by atoms with E-state index in [1.54, 1.807) is 26.9 Å². The molecule has 230 valence electrons. The van der Waals surface area contributed by atoms with Crippen LogP contribution in [0.4, 0.5) is 5.69 Å². The molecule has 3 fully saturated rings. The van der Waals surface area contributed by atoms with Crippen molar-refractivity contribution in [3.8, 4) is 0 Å². The molecule has 3 heterocycles. The van der Waals surface area contributed by atoms with Crippen molar-refractivity contribution < 1.29 is 24.2 Å². The van der Waals surface area contributed by atoms with Crippen molar-refractivity contribution in [3.63, 3.8) is 0 Å². The van der Waals surface area contributed by atoms with E-state index in [2.05, 4.69) is 27.0 Å². The fraction of sp³-hybridized carbons (Fsp3) is 0.618. The Hall–Kier alpha value is -2.97. The van der Waals surface area contributed by atoms with Gasteiger partial charge in [-0.25, -0.2) is 0 Å². The molecule has 0 saturated carbocycles. The van der Waals surface area contributed by atoms with Crippen molar-refractivity contribution in [2.75, 3.05) is 31.1 Å². The molecule has 3 unspecified atom stereocenters. The van der Waals surface area contributed by atoms with Gasteiger partial charge in [-0.3, -0.25) is 14.4 Å². The van der Waals surface area contributed by atoms with E-state index in [-0.39, 0.29) is 42.7 Å². The van der Waals surface area contributed by atoms with E-state index in [0.29, 0.717) is 25.9 Å². The summed E-state index contributed by atoms with van der Waals surface area (Å²) < 4.78 is 6.96. The monoisotopic (exact) mass is 579 g/mol. The summed E-state index contributed by atoms with van der Waals surface area (Å²) in [4.78, 5) is 48.9. The van der Waals surface area contributed by atoms with Crippen molar-refractivity contribution in [1.82, 2.24) is 9.80 Å². The molecule has 3 saturated heterocycles. The number of rotatable bonds is 14. The molecule has 3 aliphatic heterocycles. The quantitative estimate of drug-likeness (QED) is 0.329. The lowest BCUT2D eigenvalue weighted by atomic mass is 9.62. The highest BCUT2D eigenvalue weighted by Crippen LogP contribution is 2.66. The third-order valence-electron chi connectivity index (χ3n) is 9.69. The zero-order valence-corrected chi connectivity index (χ0v) is 26.0. The van der Waals surface area contributed by atoms with Gasteiger partial charge >= 0.3 is 0 Å². The second-order valence-corrected chi connectivity index (χ2v) is 12.9. The minimum Gasteiger partial charge on any atom is -0.394 e. The maximum absolute atomic E-state index is 14.7. The highest BCUT2D eigenvalue weighted by molar-refractivity contribution is 6.03. The molecule has 8 heteroatoms. The van der Waals surface area contributed by atoms with Gasteiger partial charge < -0.3 is 24.5 Å². The number of para-hydroxylation sites is 1. The van der Waals surface area contributed by atoms with Gasteiger partial charge in [0.15, 0.2) is 0 Å². The lowest BCUT2D eigenvalue weighted by Gasteiger charge is -2.40. The number of aliphatic hydroxyl groups is 1. The predicted octanol–water partition coefficient (Wildman–Crippen LogP) is 4.44. The number of ether oxygens (including phenoxy) is 1. The van der Waals surface area contributed by atoms with Crippen LogP contribution < -0.4 is 4.90 Å². The second-order valence-electron chi connectivity index (χ2n) is 12.9. The van der Waals surface area contributed by atoms with Crippen molar-refractivity contribution in [1.29, 1.82) is 0 Å². The van der Waals surface area contributed by atoms with Crippen LogP contribution in [-0.4, -0.2) is 82.2 Å². The smallest absolute Gasteiger partial charge is 0.248 e. The van der Waals surface area contributed by atoms with Gasteiger partial charge in [0.2, 0.25) is 17.7 Å². The lowest BCUT2D eigenvalue weighted by Crippen LogP contribution is -2.59. The van der Waals surface area contributed by atoms with Gasteiger partial charge in [0, 0.05) is 25.3 Å². The predicted molar refractivity (Wildman–Crippen MR) is 165 cm³/mol. The molecule has 0 radical (unpaired) electrons. The van der Waals surface area contributed by atoms with Crippen LogP contribution in [0.1, 0.15) is 60.3 Å². The Kier molecular flexibility index (Phi) is 9.68. The fourth-order valence-electron chi connectivity index (χ4n) is 7.74. The molecular formula is C34H49N3O5. The normalized spacial score (nSPS) is 30.4. The van der Waals surface area contributed by atoms with Gasteiger partial charge in [-0.2, -0.15) is 0 Å². The summed E-state index contributed by atoms with van der Waals surface area (Å²) in [6.07, 6.45) is 6.13. The number of hydrogen-bond acceptors (Lipinski definition) is 5. The molecular weight excluding hydrogens is 530 g/mol. The summed E-state index contributed by atoms with van der Waals surface area (Å²) >= 11 is 0. The van der Waals surface area contributed by atoms with Gasteiger partial charge in [-0.1, -0.05) is 64.5 Å². The average Bonchev–Trinajstić information content (AvgIpc) is 3.48. The van der Waals surface area contributed by atoms with Crippen LogP contribution in [0.25, 0.3) is 0 Å². The van der Waals surface area contributed by atoms with E-state index >= 15 is 0 Å². The highest BCUT2D eigenvalue weighted by Gasteiger charge is 2.80. The number of anilines is 1. The molecule has 0 aromatic heterocycles. The standard InChI is InChI=1S/C34H49N3O5/c1-8-11-19-35(17-9-2)32(41)29-34-21-24(6)33(7,42-34)27(28(34)31(40)37(29)26(22-38)20-23(4)5)30(39)36(18-10-3)25-15-13-12-14-16-25/h9-10,12-16,23-24,26-29,38H,2-3,8,11,17-22H2,1,4-7H3/t24?,26-,27-,28+,29?,33+,34?/m1/s1. The number of likely N-dealkylation sites (tertiary alicyclic amines) is 1. The molecule has 42 heavy (non-hydrogen) atoms. The summed E-state index contributed by atoms with van der Waals surface area (Å²) in [5.41, 5.74) is -1.39. The molecule has 3 amide bonds. The minimum absolute atomic E-state index is 0.0757. The van der Waals surface area contributed by atoms with Crippen LogP contribution in [-0.2, 0) is 19.1 Å². The third kappa shape index (κ3) is 5.21. The second kappa shape index (κ2) is 12.7. The molecule has 2 bridgehead atoms. The Morgan fingerprint density at radius 2 is 1.83 bits per heavy atom. The fourth-order valence-corrected chi connectivity index (χ4v) is 7.74. The largest absolute Gasteiger partial charge is 0.394 e. The molecule has 1 aromatic carbocycles. The summed E-state index contributed by atoms with van der Waals surface area (Å²) in [5.74, 6) is -2.21. The van der Waals surface area contributed by atoms with Crippen molar-refractivity contribution >= 4 is 23.4 Å². The van der Waals surface area contributed by atoms with Crippen LogP contribution in [0.3, 0.4) is 0 Å². The van der Waals surface area contributed by atoms with E-state index in [0.717, 1.165) is 18.5 Å². The topological polar surface area (TPSA) is 90.4 Å². The minimum atomic E-state index is -1.17. The Balaban J connectivity index is 1.86. The number of carbonyl (C=O) groups is 3. The van der Waals surface area contributed by atoms with Crippen LogP contribution in [0, 0.1) is 23.7 Å². The molecule has 0 aliphatic carbocycles. The van der Waals surface area contributed by atoms with Gasteiger partial charge in [0.05, 0.1) is 30.1 Å². The zero-order valence-electron chi connectivity index (χ0n) is 26.0. The van der Waals surface area contributed by atoms with Crippen molar-refractivity contribution in [2.24, 2.45) is 23.7 Å². The van der Waals surface area contributed by atoms with Crippen molar-refractivity contribution in [3.05, 3.63) is 55.6 Å². The van der Waals surface area contributed by atoms with E-state index in [9.17, 15) is 19.5 Å². The van der Waals surface area contributed by atoms with Crippen molar-refractivity contribution in [2.45, 2.75) is 83.6 Å². The first kappa shape index (κ1) is 32.0. The summed E-state index contributed by atoms with van der Waals surface area (Å²) in [6.45, 7) is 18.8. The summed E-state index contributed by atoms with van der Waals surface area (Å²) in [6, 6.07) is 7.89. The maximum atomic E-state index is 14.7. The number of amides is 3. The molecule has 1 spiro atoms. The third-order valence-corrected chi connectivity index (χ3v) is 9.69. The van der Waals surface area contributed by atoms with Crippen LogP contribution in [0.5, 0.6) is 0 Å². The first-order chi connectivity index (χ1) is 20.0. The molecule has 8 nitrogen and oxygen atoms in total. The molecule has 7 atom stereocenters. The Bertz CT molecular complexity index is 1170. The first-order valence-corrected chi connectivity index (χ1v) is 15.5. The van der Waals surface area contributed by atoms with Gasteiger partial charge in [-0.15, -0.1) is 13.2 Å². The molecule has 1 aromatic rings. The number of benzene rings is 1. The lowest BCUT2D eigenvalue weighted by molar-refractivity contribution is -0.155. The Morgan fingerprint density at radius 1 is 1.17 bits per heavy atom. The molecule has 1 N–H and O–H groups in total. The number of aliphatic hydroxyl groups excluding tert-OH is 1. The van der Waals surface area contributed by atoms with E-state index in [4.69, 9.17) is 4.74 Å². The Labute approximate surface area is 251 Å². The van der Waals surface area contributed by atoms with E-state index < -0.39 is 35.1 Å².